The lowest BCUT2D eigenvalue weighted by Crippen LogP contribution is -2.14. The van der Waals surface area contributed by atoms with Gasteiger partial charge in [0.15, 0.2) is 0 Å². The van der Waals surface area contributed by atoms with Crippen LogP contribution in [0.1, 0.15) is 37.2 Å². The molecule has 0 unspecified atom stereocenters. The number of aromatic hydroxyl groups is 1. The van der Waals surface area contributed by atoms with E-state index in [1.54, 1.807) is 12.1 Å². The van der Waals surface area contributed by atoms with Gasteiger partial charge in [0, 0.05) is 0 Å². The molecule has 0 amide bonds. The summed E-state index contributed by atoms with van der Waals surface area (Å²) in [5.74, 6) is 1.17. The van der Waals surface area contributed by atoms with Crippen LogP contribution in [0, 0.1) is 5.92 Å². The Morgan fingerprint density at radius 3 is 2.20 bits per heavy atom. The van der Waals surface area contributed by atoms with Gasteiger partial charge in [0.1, 0.15) is 5.75 Å². The molecule has 0 bridgehead atoms. The zero-order chi connectivity index (χ0) is 10.7. The van der Waals surface area contributed by atoms with E-state index in [1.165, 1.54) is 5.56 Å². The number of halogens is 1. The number of alkyl halides is 1. The van der Waals surface area contributed by atoms with Crippen molar-refractivity contribution in [2.24, 2.45) is 5.92 Å². The fourth-order valence-corrected chi connectivity index (χ4v) is 2.40. The first-order valence-corrected chi connectivity index (χ1v) is 5.64. The summed E-state index contributed by atoms with van der Waals surface area (Å²) in [6, 6.07) is 7.43. The molecule has 0 aromatic heterocycles. The molecule has 1 N–H and O–H groups in total. The van der Waals surface area contributed by atoms with E-state index in [1.807, 2.05) is 12.1 Å². The van der Waals surface area contributed by atoms with E-state index in [9.17, 15) is 9.50 Å². The Hall–Kier alpha value is -1.05. The highest BCUT2D eigenvalue weighted by atomic mass is 19.1. The summed E-state index contributed by atoms with van der Waals surface area (Å²) in [7, 11) is 0. The zero-order valence-corrected chi connectivity index (χ0v) is 8.82. The molecule has 1 fully saturated rings. The first-order chi connectivity index (χ1) is 7.29. The van der Waals surface area contributed by atoms with Crippen molar-refractivity contribution in [2.75, 3.05) is 6.67 Å². The predicted octanol–water partition coefficient (Wildman–Crippen LogP) is 3.64. The monoisotopic (exact) mass is 208 g/mol. The number of hydrogen-bond donors (Lipinski definition) is 1. The third-order valence-corrected chi connectivity index (χ3v) is 3.43. The van der Waals surface area contributed by atoms with E-state index in [0.717, 1.165) is 25.7 Å². The molecule has 0 heterocycles. The van der Waals surface area contributed by atoms with Gasteiger partial charge in [-0.1, -0.05) is 12.1 Å². The van der Waals surface area contributed by atoms with Crippen molar-refractivity contribution < 1.29 is 9.50 Å². The van der Waals surface area contributed by atoms with Gasteiger partial charge in [0.25, 0.3) is 0 Å². The van der Waals surface area contributed by atoms with E-state index >= 15 is 0 Å². The second kappa shape index (κ2) is 4.65. The summed E-state index contributed by atoms with van der Waals surface area (Å²) in [5, 5.41) is 9.19. The molecule has 82 valence electrons. The summed E-state index contributed by atoms with van der Waals surface area (Å²) in [6.45, 7) is -0.164. The minimum absolute atomic E-state index is 0.164. The van der Waals surface area contributed by atoms with Gasteiger partial charge >= 0.3 is 0 Å². The Kier molecular flexibility index (Phi) is 3.24. The molecule has 1 nitrogen and oxygen atoms in total. The standard InChI is InChI=1S/C13H17FO/c14-9-10-1-3-11(4-2-10)12-5-7-13(15)8-6-12/h5-8,10-11,15H,1-4,9H2. The fourth-order valence-electron chi connectivity index (χ4n) is 2.40. The summed E-state index contributed by atoms with van der Waals surface area (Å²) in [6.07, 6.45) is 4.17. The van der Waals surface area contributed by atoms with Crippen LogP contribution in [0.2, 0.25) is 0 Å². The largest absolute Gasteiger partial charge is 0.508 e. The molecule has 2 heteroatoms. The Balaban J connectivity index is 1.98. The first-order valence-electron chi connectivity index (χ1n) is 5.64. The molecular weight excluding hydrogens is 191 g/mol. The molecule has 0 atom stereocenters. The highest BCUT2D eigenvalue weighted by molar-refractivity contribution is 5.28. The van der Waals surface area contributed by atoms with Crippen molar-refractivity contribution in [3.63, 3.8) is 0 Å². The predicted molar refractivity (Wildman–Crippen MR) is 58.8 cm³/mol. The number of phenolic OH excluding ortho intramolecular Hbond substituents is 1. The normalized spacial score (nSPS) is 26.5. The number of benzene rings is 1. The number of phenols is 1. The van der Waals surface area contributed by atoms with Crippen molar-refractivity contribution in [3.8, 4) is 5.75 Å². The van der Waals surface area contributed by atoms with Crippen LogP contribution in [-0.2, 0) is 0 Å². The van der Waals surface area contributed by atoms with Gasteiger partial charge in [0.05, 0.1) is 6.67 Å². The molecule has 1 aromatic carbocycles. The Morgan fingerprint density at radius 2 is 1.67 bits per heavy atom. The smallest absolute Gasteiger partial charge is 0.115 e. The molecule has 15 heavy (non-hydrogen) atoms. The van der Waals surface area contributed by atoms with Crippen LogP contribution >= 0.6 is 0 Å². The van der Waals surface area contributed by atoms with Gasteiger partial charge in [-0.2, -0.15) is 0 Å². The SMILES string of the molecule is Oc1ccc(C2CCC(CF)CC2)cc1. The van der Waals surface area contributed by atoms with Crippen molar-refractivity contribution in [1.29, 1.82) is 0 Å². The lowest BCUT2D eigenvalue weighted by molar-refractivity contribution is 0.263. The van der Waals surface area contributed by atoms with Crippen molar-refractivity contribution in [2.45, 2.75) is 31.6 Å². The van der Waals surface area contributed by atoms with E-state index in [0.29, 0.717) is 17.6 Å². The van der Waals surface area contributed by atoms with Crippen LogP contribution in [0.5, 0.6) is 5.75 Å². The number of rotatable bonds is 2. The average molecular weight is 208 g/mol. The van der Waals surface area contributed by atoms with Crippen molar-refractivity contribution in [1.82, 2.24) is 0 Å². The number of hydrogen-bond acceptors (Lipinski definition) is 1. The van der Waals surface area contributed by atoms with Gasteiger partial charge < -0.3 is 5.11 Å². The van der Waals surface area contributed by atoms with Gasteiger partial charge in [-0.05, 0) is 55.2 Å². The molecule has 1 saturated carbocycles. The van der Waals surface area contributed by atoms with Crippen LogP contribution in [0.3, 0.4) is 0 Å². The third-order valence-electron chi connectivity index (χ3n) is 3.43. The minimum Gasteiger partial charge on any atom is -0.508 e. The Morgan fingerprint density at radius 1 is 1.07 bits per heavy atom. The molecule has 0 spiro atoms. The Bertz CT molecular complexity index is 299. The topological polar surface area (TPSA) is 20.2 Å². The Labute approximate surface area is 89.9 Å². The summed E-state index contributed by atoms with van der Waals surface area (Å²) >= 11 is 0. The first kappa shape index (κ1) is 10.5. The molecule has 0 aliphatic heterocycles. The van der Waals surface area contributed by atoms with Crippen molar-refractivity contribution in [3.05, 3.63) is 29.8 Å². The molecule has 2 rings (SSSR count). The maximum absolute atomic E-state index is 12.4. The van der Waals surface area contributed by atoms with Crippen LogP contribution in [0.25, 0.3) is 0 Å². The minimum atomic E-state index is -0.164. The lowest BCUT2D eigenvalue weighted by Gasteiger charge is -2.27. The molecule has 1 aliphatic rings. The van der Waals surface area contributed by atoms with E-state index in [4.69, 9.17) is 0 Å². The molecule has 1 aromatic rings. The highest BCUT2D eigenvalue weighted by Gasteiger charge is 2.21. The van der Waals surface area contributed by atoms with E-state index in [-0.39, 0.29) is 6.67 Å². The summed E-state index contributed by atoms with van der Waals surface area (Å²) in [5.41, 5.74) is 1.28. The molecule has 0 radical (unpaired) electrons. The second-order valence-corrected chi connectivity index (χ2v) is 4.46. The van der Waals surface area contributed by atoms with Crippen LogP contribution < -0.4 is 0 Å². The maximum Gasteiger partial charge on any atom is 0.115 e. The van der Waals surface area contributed by atoms with Crippen LogP contribution in [-0.4, -0.2) is 11.8 Å². The third kappa shape index (κ3) is 2.49. The lowest BCUT2D eigenvalue weighted by atomic mass is 9.79. The molecule has 0 saturated heterocycles. The molecular formula is C13H17FO. The summed E-state index contributed by atoms with van der Waals surface area (Å²) in [4.78, 5) is 0. The second-order valence-electron chi connectivity index (χ2n) is 4.46. The molecule has 1 aliphatic carbocycles. The summed E-state index contributed by atoms with van der Waals surface area (Å²) < 4.78 is 12.4. The van der Waals surface area contributed by atoms with E-state index in [2.05, 4.69) is 0 Å². The fraction of sp³-hybridized carbons (Fsp3) is 0.538. The average Bonchev–Trinajstić information content (AvgIpc) is 2.30. The maximum atomic E-state index is 12.4. The van der Waals surface area contributed by atoms with Crippen molar-refractivity contribution >= 4 is 0 Å². The zero-order valence-electron chi connectivity index (χ0n) is 8.82. The van der Waals surface area contributed by atoms with Gasteiger partial charge in [-0.15, -0.1) is 0 Å². The quantitative estimate of drug-likeness (QED) is 0.786. The van der Waals surface area contributed by atoms with Gasteiger partial charge in [-0.3, -0.25) is 4.39 Å². The van der Waals surface area contributed by atoms with Crippen LogP contribution in [0.15, 0.2) is 24.3 Å². The van der Waals surface area contributed by atoms with Crippen LogP contribution in [0.4, 0.5) is 4.39 Å². The van der Waals surface area contributed by atoms with Gasteiger partial charge in [0.2, 0.25) is 0 Å². The van der Waals surface area contributed by atoms with Gasteiger partial charge in [-0.25, -0.2) is 0 Å². The highest BCUT2D eigenvalue weighted by Crippen LogP contribution is 2.36. The van der Waals surface area contributed by atoms with E-state index < -0.39 is 0 Å².